The van der Waals surface area contributed by atoms with Crippen molar-refractivity contribution in [3.05, 3.63) is 65.9 Å². The summed E-state index contributed by atoms with van der Waals surface area (Å²) >= 11 is 0.993. The van der Waals surface area contributed by atoms with E-state index in [-0.39, 0.29) is 11.0 Å². The van der Waals surface area contributed by atoms with Crippen molar-refractivity contribution >= 4 is 44.9 Å². The lowest BCUT2D eigenvalue weighted by Crippen LogP contribution is -2.27. The molecule has 0 saturated carbocycles. The average Bonchev–Trinajstić information content (AvgIpc) is 3.60. The van der Waals surface area contributed by atoms with Crippen molar-refractivity contribution in [2.45, 2.75) is 20.8 Å². The Morgan fingerprint density at radius 2 is 1.87 bits per heavy atom. The lowest BCUT2D eigenvalue weighted by atomic mass is 9.95. The number of hydrogen-bond acceptors (Lipinski definition) is 6. The van der Waals surface area contributed by atoms with Crippen LogP contribution in [0.3, 0.4) is 0 Å². The lowest BCUT2D eigenvalue weighted by molar-refractivity contribution is -0.123. The van der Waals surface area contributed by atoms with Gasteiger partial charge in [-0.05, 0) is 30.3 Å². The molecule has 6 aromatic rings. The van der Waals surface area contributed by atoms with Gasteiger partial charge in [0.15, 0.2) is 11.0 Å². The molecule has 190 valence electrons. The van der Waals surface area contributed by atoms with Crippen LogP contribution in [-0.4, -0.2) is 36.0 Å². The van der Waals surface area contributed by atoms with Crippen LogP contribution in [0.25, 0.3) is 55.2 Å². The molecule has 5 heterocycles. The molecule has 0 unspecified atom stereocenters. The molecule has 5 aromatic heterocycles. The summed E-state index contributed by atoms with van der Waals surface area (Å²) in [7, 11) is 0. The van der Waals surface area contributed by atoms with E-state index >= 15 is 4.39 Å². The second kappa shape index (κ2) is 8.80. The van der Waals surface area contributed by atoms with Crippen LogP contribution in [0.1, 0.15) is 20.8 Å². The summed E-state index contributed by atoms with van der Waals surface area (Å²) in [6.07, 6.45) is 4.69. The van der Waals surface area contributed by atoms with E-state index in [0.29, 0.717) is 60.8 Å². The maximum atomic E-state index is 15.2. The third-order valence-corrected chi connectivity index (χ3v) is 6.95. The second-order valence-corrected chi connectivity index (χ2v) is 10.9. The second-order valence-electron chi connectivity index (χ2n) is 9.86. The number of aromatic nitrogens is 6. The van der Waals surface area contributed by atoms with Gasteiger partial charge in [-0.1, -0.05) is 20.8 Å². The minimum absolute atomic E-state index is 0.173. The number of fused-ring (bicyclic) bond motifs is 2. The normalized spacial score (nSPS) is 11.9. The minimum atomic E-state index is -0.592. The quantitative estimate of drug-likeness (QED) is 0.240. The number of thiophene rings is 1. The molecule has 0 atom stereocenters. The highest BCUT2D eigenvalue weighted by Crippen LogP contribution is 2.35. The molecule has 0 saturated heterocycles. The molecule has 0 aliphatic carbocycles. The first-order valence-electron chi connectivity index (χ1n) is 11.7. The van der Waals surface area contributed by atoms with Gasteiger partial charge in [0.2, 0.25) is 5.91 Å². The van der Waals surface area contributed by atoms with Gasteiger partial charge in [0.05, 0.1) is 27.8 Å². The number of nitrogens with one attached hydrogen (secondary N) is 3. The third kappa shape index (κ3) is 4.20. The Hall–Kier alpha value is -4.51. The number of imidazole rings is 1. The van der Waals surface area contributed by atoms with Crippen LogP contribution < -0.4 is 5.32 Å². The van der Waals surface area contributed by atoms with Crippen molar-refractivity contribution in [2.75, 3.05) is 5.32 Å². The van der Waals surface area contributed by atoms with Crippen LogP contribution in [-0.2, 0) is 4.79 Å². The Balaban J connectivity index is 1.43. The summed E-state index contributed by atoms with van der Waals surface area (Å²) in [5.74, 6) is -0.183. The van der Waals surface area contributed by atoms with Crippen LogP contribution in [0.2, 0.25) is 0 Å². The summed E-state index contributed by atoms with van der Waals surface area (Å²) in [5.41, 5.74) is 3.51. The maximum absolute atomic E-state index is 15.2. The molecule has 0 bridgehead atoms. The minimum Gasteiger partial charge on any atom is -0.336 e. The largest absolute Gasteiger partial charge is 0.336 e. The van der Waals surface area contributed by atoms with Gasteiger partial charge in [-0.25, -0.2) is 9.37 Å². The molecule has 8 nitrogen and oxygen atoms in total. The Bertz CT molecular complexity index is 1850. The van der Waals surface area contributed by atoms with E-state index in [9.17, 15) is 9.18 Å². The zero-order valence-corrected chi connectivity index (χ0v) is 21.4. The van der Waals surface area contributed by atoms with Gasteiger partial charge < -0.3 is 10.3 Å². The number of aromatic amines is 2. The van der Waals surface area contributed by atoms with Crippen molar-refractivity contribution in [3.63, 3.8) is 0 Å². The summed E-state index contributed by atoms with van der Waals surface area (Å²) < 4.78 is 28.8. The van der Waals surface area contributed by atoms with E-state index in [2.05, 4.69) is 30.5 Å². The zero-order valence-electron chi connectivity index (χ0n) is 20.6. The smallest absolute Gasteiger partial charge is 0.229 e. The van der Waals surface area contributed by atoms with Crippen LogP contribution in [0.15, 0.2) is 55.0 Å². The molecule has 0 radical (unpaired) electrons. The molecule has 0 aliphatic heterocycles. The number of amides is 1. The topological polar surface area (TPSA) is 112 Å². The predicted molar refractivity (Wildman–Crippen MR) is 144 cm³/mol. The number of halogens is 2. The van der Waals surface area contributed by atoms with E-state index in [1.54, 1.807) is 30.5 Å². The number of nitrogens with zero attached hydrogens (tertiary/aromatic N) is 4. The summed E-state index contributed by atoms with van der Waals surface area (Å²) in [6.45, 7) is 5.43. The number of pyridine rings is 2. The first kappa shape index (κ1) is 23.9. The first-order valence-corrected chi connectivity index (χ1v) is 12.5. The van der Waals surface area contributed by atoms with E-state index in [1.807, 2.05) is 20.8 Å². The first-order chi connectivity index (χ1) is 18.2. The van der Waals surface area contributed by atoms with Gasteiger partial charge in [0, 0.05) is 40.4 Å². The lowest BCUT2D eigenvalue weighted by Gasteiger charge is -2.17. The number of carbonyl (C=O) groups is 1. The van der Waals surface area contributed by atoms with Crippen molar-refractivity contribution in [1.82, 2.24) is 30.1 Å². The van der Waals surface area contributed by atoms with E-state index < -0.39 is 11.2 Å². The fourth-order valence-electron chi connectivity index (χ4n) is 4.08. The molecule has 6 rings (SSSR count). The number of hydrogen-bond donors (Lipinski definition) is 3. The van der Waals surface area contributed by atoms with Crippen LogP contribution in [0.4, 0.5) is 14.5 Å². The number of anilines is 1. The van der Waals surface area contributed by atoms with Gasteiger partial charge >= 0.3 is 0 Å². The molecule has 11 heteroatoms. The van der Waals surface area contributed by atoms with Gasteiger partial charge in [-0.3, -0.25) is 19.9 Å². The fourth-order valence-corrected chi connectivity index (χ4v) is 4.81. The monoisotopic (exact) mass is 529 g/mol. The van der Waals surface area contributed by atoms with Crippen LogP contribution in [0.5, 0.6) is 0 Å². The molecule has 0 fully saturated rings. The molecular weight excluding hydrogens is 508 g/mol. The number of benzene rings is 1. The van der Waals surface area contributed by atoms with E-state index in [4.69, 9.17) is 4.98 Å². The van der Waals surface area contributed by atoms with Gasteiger partial charge in [0.25, 0.3) is 0 Å². The summed E-state index contributed by atoms with van der Waals surface area (Å²) in [4.78, 5) is 29.6. The molecule has 1 aromatic carbocycles. The number of H-pyrrole nitrogens is 2. The molecule has 0 spiro atoms. The molecular formula is C27H21F2N7OS. The average molecular weight is 530 g/mol. The highest BCUT2D eigenvalue weighted by Gasteiger charge is 2.22. The van der Waals surface area contributed by atoms with E-state index in [0.717, 1.165) is 11.3 Å². The summed E-state index contributed by atoms with van der Waals surface area (Å²) in [5, 5.41) is 10.4. The Labute approximate surface area is 219 Å². The molecule has 38 heavy (non-hydrogen) atoms. The summed E-state index contributed by atoms with van der Waals surface area (Å²) in [6, 6.07) is 9.57. The fraction of sp³-hybridized carbons (Fsp3) is 0.148. The van der Waals surface area contributed by atoms with Crippen LogP contribution >= 0.6 is 11.3 Å². The SMILES string of the molecule is CC(C)(C)C(=O)Nc1cncc(-c2cc3c(-c4nc5c(-c6ccc(F)s6)nccc5[nH]4)n[nH]c3cc2F)c1. The molecule has 0 aliphatic rings. The van der Waals surface area contributed by atoms with Crippen molar-refractivity contribution in [1.29, 1.82) is 0 Å². The van der Waals surface area contributed by atoms with Crippen LogP contribution in [0, 0.1) is 16.4 Å². The molecule has 3 N–H and O–H groups in total. The molecule has 1 amide bonds. The van der Waals surface area contributed by atoms with Crippen molar-refractivity contribution in [2.24, 2.45) is 5.41 Å². The van der Waals surface area contributed by atoms with Gasteiger partial charge in [-0.2, -0.15) is 9.49 Å². The predicted octanol–water partition coefficient (Wildman–Crippen LogP) is 6.55. The Morgan fingerprint density at radius 3 is 2.63 bits per heavy atom. The Kier molecular flexibility index (Phi) is 5.53. The number of rotatable bonds is 4. The van der Waals surface area contributed by atoms with E-state index in [1.165, 1.54) is 24.5 Å². The Morgan fingerprint density at radius 1 is 1.03 bits per heavy atom. The number of carbonyl (C=O) groups excluding carboxylic acids is 1. The highest BCUT2D eigenvalue weighted by atomic mass is 32.1. The van der Waals surface area contributed by atoms with Gasteiger partial charge in [-0.15, -0.1) is 11.3 Å². The zero-order chi connectivity index (χ0) is 26.6. The third-order valence-electron chi connectivity index (χ3n) is 6.07. The van der Waals surface area contributed by atoms with Crippen molar-refractivity contribution < 1.29 is 13.6 Å². The van der Waals surface area contributed by atoms with Crippen molar-refractivity contribution in [3.8, 4) is 33.2 Å². The highest BCUT2D eigenvalue weighted by molar-refractivity contribution is 7.13. The maximum Gasteiger partial charge on any atom is 0.229 e. The van der Waals surface area contributed by atoms with Gasteiger partial charge in [0.1, 0.15) is 22.7 Å². The standard InChI is InChI=1S/C27H21F2N7OS/c1-27(2,3)26(37)32-14-8-13(11-30-12-14)15-9-16-19(10-17(15)28)35-36-22(16)25-33-18-6-7-31-24(23(18)34-25)20-4-5-21(29)38-20/h4-12H,1-3H3,(H,32,37)(H,33,34)(H,35,36).